The van der Waals surface area contributed by atoms with Gasteiger partial charge in [-0.3, -0.25) is 9.89 Å². The van der Waals surface area contributed by atoms with Gasteiger partial charge in [-0.05, 0) is 43.0 Å². The second-order valence-electron chi connectivity index (χ2n) is 6.84. The summed E-state index contributed by atoms with van der Waals surface area (Å²) < 4.78 is 2.56. The highest BCUT2D eigenvalue weighted by atomic mass is 32.1. The minimum atomic E-state index is 0.247. The molecule has 25 heavy (non-hydrogen) atoms. The van der Waals surface area contributed by atoms with E-state index in [-0.39, 0.29) is 17.7 Å². The van der Waals surface area contributed by atoms with Crippen molar-refractivity contribution >= 4 is 18.1 Å². The molecule has 1 amide bonds. The van der Waals surface area contributed by atoms with Gasteiger partial charge in [-0.2, -0.15) is 5.10 Å². The Labute approximate surface area is 154 Å². The van der Waals surface area contributed by atoms with E-state index < -0.39 is 0 Å². The molecule has 0 spiro atoms. The average Bonchev–Trinajstić information content (AvgIpc) is 2.99. The van der Waals surface area contributed by atoms with E-state index in [0.29, 0.717) is 11.2 Å². The van der Waals surface area contributed by atoms with E-state index in [1.807, 2.05) is 34.7 Å². The largest absolute Gasteiger partial charge is 0.342 e. The minimum absolute atomic E-state index is 0.247. The molecule has 0 radical (unpaired) electrons. The number of hydrogen-bond donors (Lipinski definition) is 1. The van der Waals surface area contributed by atoms with Crippen LogP contribution in [-0.2, 0) is 11.8 Å². The zero-order valence-electron chi connectivity index (χ0n) is 14.9. The Kier molecular flexibility index (Phi) is 5.68. The molecule has 0 saturated carbocycles. The molecule has 6 heteroatoms. The van der Waals surface area contributed by atoms with E-state index in [2.05, 4.69) is 29.3 Å². The Morgan fingerprint density at radius 2 is 2.16 bits per heavy atom. The molecule has 0 aliphatic carbocycles. The zero-order chi connectivity index (χ0) is 17.8. The lowest BCUT2D eigenvalue weighted by molar-refractivity contribution is -0.132. The van der Waals surface area contributed by atoms with Gasteiger partial charge < -0.3 is 9.47 Å². The molecule has 1 N–H and O–H groups in total. The highest BCUT2D eigenvalue weighted by molar-refractivity contribution is 7.71. The van der Waals surface area contributed by atoms with E-state index in [1.54, 1.807) is 0 Å². The van der Waals surface area contributed by atoms with Crippen molar-refractivity contribution in [1.82, 2.24) is 19.7 Å². The van der Waals surface area contributed by atoms with Crippen molar-refractivity contribution in [3.05, 3.63) is 46.5 Å². The molecular formula is C19H26N4OS. The van der Waals surface area contributed by atoms with Crippen LogP contribution in [0.25, 0.3) is 0 Å². The van der Waals surface area contributed by atoms with Crippen molar-refractivity contribution < 1.29 is 4.79 Å². The summed E-state index contributed by atoms with van der Waals surface area (Å²) in [7, 11) is 1.93. The third kappa shape index (κ3) is 4.00. The number of likely N-dealkylation sites (tertiary alicyclic amines) is 1. The maximum Gasteiger partial charge on any atom is 0.223 e. The Bertz CT molecular complexity index is 767. The topological polar surface area (TPSA) is 53.9 Å². The minimum Gasteiger partial charge on any atom is -0.342 e. The van der Waals surface area contributed by atoms with Gasteiger partial charge in [-0.25, -0.2) is 0 Å². The molecule has 1 aromatic heterocycles. The molecule has 0 unspecified atom stereocenters. The average molecular weight is 359 g/mol. The van der Waals surface area contributed by atoms with E-state index in [9.17, 15) is 4.79 Å². The molecule has 1 aliphatic heterocycles. The van der Waals surface area contributed by atoms with Gasteiger partial charge in [0.1, 0.15) is 5.82 Å². The maximum absolute atomic E-state index is 12.9. The first-order valence-electron chi connectivity index (χ1n) is 9.04. The molecule has 1 aromatic carbocycles. The van der Waals surface area contributed by atoms with Gasteiger partial charge in [0, 0.05) is 32.5 Å². The first kappa shape index (κ1) is 17.9. The van der Waals surface area contributed by atoms with Gasteiger partial charge in [0.25, 0.3) is 0 Å². The van der Waals surface area contributed by atoms with Gasteiger partial charge in [0.2, 0.25) is 5.91 Å². The Hall–Kier alpha value is -1.95. The van der Waals surface area contributed by atoms with Crippen LogP contribution in [0.15, 0.2) is 30.3 Å². The molecule has 3 rings (SSSR count). The SMILES string of the molecule is CC[C@H](CC(=O)N1CCC[C@H](c2n[nH]c(=S)n2C)C1)c1ccccc1. The first-order chi connectivity index (χ1) is 12.1. The lowest BCUT2D eigenvalue weighted by Gasteiger charge is -2.33. The maximum atomic E-state index is 12.9. The number of amides is 1. The van der Waals surface area contributed by atoms with Crippen molar-refractivity contribution in [2.75, 3.05) is 13.1 Å². The number of H-pyrrole nitrogens is 1. The number of rotatable bonds is 5. The zero-order valence-corrected chi connectivity index (χ0v) is 15.8. The van der Waals surface area contributed by atoms with Crippen LogP contribution in [0, 0.1) is 4.77 Å². The fourth-order valence-corrected chi connectivity index (χ4v) is 3.84. The van der Waals surface area contributed by atoms with Crippen LogP contribution >= 0.6 is 12.2 Å². The summed E-state index contributed by atoms with van der Waals surface area (Å²) in [5.41, 5.74) is 1.25. The summed E-state index contributed by atoms with van der Waals surface area (Å²) in [6.07, 6.45) is 3.61. The number of carbonyl (C=O) groups excluding carboxylic acids is 1. The molecular weight excluding hydrogens is 332 g/mol. The summed E-state index contributed by atoms with van der Waals surface area (Å²) in [6.45, 7) is 3.73. The Morgan fingerprint density at radius 1 is 1.40 bits per heavy atom. The highest BCUT2D eigenvalue weighted by Gasteiger charge is 2.28. The van der Waals surface area contributed by atoms with Crippen LogP contribution in [-0.4, -0.2) is 38.7 Å². The molecule has 0 bridgehead atoms. The third-order valence-electron chi connectivity index (χ3n) is 5.24. The molecule has 2 atom stereocenters. The van der Waals surface area contributed by atoms with Crippen molar-refractivity contribution in [1.29, 1.82) is 0 Å². The lowest BCUT2D eigenvalue weighted by Crippen LogP contribution is -2.40. The quantitative estimate of drug-likeness (QED) is 0.828. The summed E-state index contributed by atoms with van der Waals surface area (Å²) in [4.78, 5) is 14.9. The lowest BCUT2D eigenvalue weighted by atomic mass is 9.91. The fraction of sp³-hybridized carbons (Fsp3) is 0.526. The fourth-order valence-electron chi connectivity index (χ4n) is 3.70. The van der Waals surface area contributed by atoms with E-state index >= 15 is 0 Å². The third-order valence-corrected chi connectivity index (χ3v) is 5.60. The van der Waals surface area contributed by atoms with Gasteiger partial charge >= 0.3 is 0 Å². The molecule has 1 fully saturated rings. The Balaban J connectivity index is 1.67. The van der Waals surface area contributed by atoms with Crippen molar-refractivity contribution in [2.24, 2.45) is 7.05 Å². The molecule has 2 heterocycles. The van der Waals surface area contributed by atoms with E-state index in [1.165, 1.54) is 5.56 Å². The number of nitrogens with one attached hydrogen (secondary N) is 1. The van der Waals surface area contributed by atoms with Crippen molar-refractivity contribution in [3.63, 3.8) is 0 Å². The number of carbonyl (C=O) groups is 1. The monoisotopic (exact) mass is 358 g/mol. The summed E-state index contributed by atoms with van der Waals surface area (Å²) in [5.74, 6) is 1.75. The van der Waals surface area contributed by atoms with Crippen LogP contribution in [0.1, 0.15) is 55.8 Å². The smallest absolute Gasteiger partial charge is 0.223 e. The highest BCUT2D eigenvalue weighted by Crippen LogP contribution is 2.28. The van der Waals surface area contributed by atoms with E-state index in [0.717, 1.165) is 38.2 Å². The normalized spacial score (nSPS) is 19.0. The van der Waals surface area contributed by atoms with Crippen LogP contribution in [0.2, 0.25) is 0 Å². The summed E-state index contributed by atoms with van der Waals surface area (Å²) >= 11 is 5.22. The first-order valence-corrected chi connectivity index (χ1v) is 9.45. The Morgan fingerprint density at radius 3 is 2.80 bits per heavy atom. The number of aromatic amines is 1. The molecule has 1 aliphatic rings. The second kappa shape index (κ2) is 7.95. The predicted molar refractivity (Wildman–Crippen MR) is 101 cm³/mol. The number of benzene rings is 1. The summed E-state index contributed by atoms with van der Waals surface area (Å²) in [6, 6.07) is 10.3. The predicted octanol–water partition coefficient (Wildman–Crippen LogP) is 3.77. The number of hydrogen-bond acceptors (Lipinski definition) is 3. The van der Waals surface area contributed by atoms with Crippen molar-refractivity contribution in [2.45, 2.75) is 44.4 Å². The van der Waals surface area contributed by atoms with Crippen molar-refractivity contribution in [3.8, 4) is 0 Å². The van der Waals surface area contributed by atoms with Gasteiger partial charge in [0.05, 0.1) is 0 Å². The number of aromatic nitrogens is 3. The standard InChI is InChI=1S/C19H26N4OS/c1-3-14(15-8-5-4-6-9-15)12-17(24)23-11-7-10-16(13-23)18-20-21-19(25)22(18)2/h4-6,8-9,14,16H,3,7,10-13H2,1-2H3,(H,21,25)/t14-,16+/m1/s1. The number of nitrogens with zero attached hydrogens (tertiary/aromatic N) is 3. The van der Waals surface area contributed by atoms with Crippen LogP contribution in [0.3, 0.4) is 0 Å². The van der Waals surface area contributed by atoms with Gasteiger partial charge in [0.15, 0.2) is 4.77 Å². The summed E-state index contributed by atoms with van der Waals surface area (Å²) in [5, 5.41) is 7.22. The number of piperidine rings is 1. The molecule has 5 nitrogen and oxygen atoms in total. The van der Waals surface area contributed by atoms with Crippen LogP contribution in [0.4, 0.5) is 0 Å². The second-order valence-corrected chi connectivity index (χ2v) is 7.23. The van der Waals surface area contributed by atoms with Gasteiger partial charge in [-0.15, -0.1) is 0 Å². The molecule has 2 aromatic rings. The van der Waals surface area contributed by atoms with E-state index in [4.69, 9.17) is 12.2 Å². The molecule has 134 valence electrons. The molecule has 1 saturated heterocycles. The van der Waals surface area contributed by atoms with Crippen LogP contribution < -0.4 is 0 Å². The van der Waals surface area contributed by atoms with Crippen LogP contribution in [0.5, 0.6) is 0 Å². The van der Waals surface area contributed by atoms with Gasteiger partial charge in [-0.1, -0.05) is 37.3 Å².